The van der Waals surface area contributed by atoms with Gasteiger partial charge < -0.3 is 0 Å². The van der Waals surface area contributed by atoms with Crippen molar-refractivity contribution in [3.63, 3.8) is 0 Å². The average Bonchev–Trinajstić information content (AvgIpc) is 2.48. The van der Waals surface area contributed by atoms with E-state index in [9.17, 15) is 0 Å². The number of alkyl halides is 1. The molecule has 12 heavy (non-hydrogen) atoms. The summed E-state index contributed by atoms with van der Waals surface area (Å²) < 4.78 is 0. The lowest BCUT2D eigenvalue weighted by atomic mass is 10.1. The Morgan fingerprint density at radius 3 is 2.92 bits per heavy atom. The van der Waals surface area contributed by atoms with Gasteiger partial charge in [0.15, 0.2) is 0 Å². The molecule has 0 aromatic carbocycles. The molecule has 2 unspecified atom stereocenters. The van der Waals surface area contributed by atoms with E-state index in [1.54, 1.807) is 0 Å². The summed E-state index contributed by atoms with van der Waals surface area (Å²) in [6.07, 6.45) is 5.25. The van der Waals surface area contributed by atoms with Crippen LogP contribution in [0.5, 0.6) is 0 Å². The van der Waals surface area contributed by atoms with Gasteiger partial charge in [-0.15, -0.1) is 11.6 Å². The van der Waals surface area contributed by atoms with Gasteiger partial charge in [-0.1, -0.05) is 13.3 Å². The summed E-state index contributed by atoms with van der Waals surface area (Å²) in [4.78, 5) is 2.56. The summed E-state index contributed by atoms with van der Waals surface area (Å²) in [5.41, 5.74) is 0. The zero-order valence-electron chi connectivity index (χ0n) is 8.22. The number of halogens is 1. The van der Waals surface area contributed by atoms with Gasteiger partial charge >= 0.3 is 0 Å². The van der Waals surface area contributed by atoms with E-state index in [-0.39, 0.29) is 0 Å². The van der Waals surface area contributed by atoms with Crippen LogP contribution in [0.3, 0.4) is 0 Å². The fraction of sp³-hybridized carbons (Fsp3) is 1.00. The highest BCUT2D eigenvalue weighted by Crippen LogP contribution is 2.23. The van der Waals surface area contributed by atoms with E-state index in [0.717, 1.165) is 0 Å². The zero-order chi connectivity index (χ0) is 8.97. The highest BCUT2D eigenvalue weighted by molar-refractivity contribution is 6.20. The molecule has 1 heterocycles. The summed E-state index contributed by atoms with van der Waals surface area (Å²) in [6.45, 7) is 6.88. The maximum atomic E-state index is 6.12. The summed E-state index contributed by atoms with van der Waals surface area (Å²) in [6, 6.07) is 0.651. The molecular formula is C10H20ClN. The fourth-order valence-electron chi connectivity index (χ4n) is 2.01. The first-order valence-electron chi connectivity index (χ1n) is 5.13. The van der Waals surface area contributed by atoms with Gasteiger partial charge in [0.2, 0.25) is 0 Å². The van der Waals surface area contributed by atoms with Crippen LogP contribution >= 0.6 is 11.6 Å². The Hall–Kier alpha value is 0.250. The number of unbranched alkanes of at least 4 members (excludes halogenated alkanes) is 1. The molecule has 0 aromatic rings. The number of hydrogen-bond donors (Lipinski definition) is 0. The second-order valence-electron chi connectivity index (χ2n) is 3.78. The molecule has 1 fully saturated rings. The second kappa shape index (κ2) is 5.08. The number of nitrogens with zero attached hydrogens (tertiary/aromatic N) is 1. The van der Waals surface area contributed by atoms with Crippen LogP contribution in [0.15, 0.2) is 0 Å². The molecule has 0 aromatic heterocycles. The Bertz CT molecular complexity index is 125. The molecule has 0 aliphatic carbocycles. The van der Waals surface area contributed by atoms with Crippen molar-refractivity contribution >= 4 is 11.6 Å². The monoisotopic (exact) mass is 189 g/mol. The van der Waals surface area contributed by atoms with Crippen LogP contribution in [0.2, 0.25) is 0 Å². The first-order chi connectivity index (χ1) is 5.75. The van der Waals surface area contributed by atoms with E-state index in [1.807, 2.05) is 0 Å². The van der Waals surface area contributed by atoms with Crippen LogP contribution < -0.4 is 0 Å². The van der Waals surface area contributed by atoms with Gasteiger partial charge in [-0.2, -0.15) is 0 Å². The van der Waals surface area contributed by atoms with Crippen molar-refractivity contribution in [1.82, 2.24) is 4.90 Å². The Morgan fingerprint density at radius 1 is 1.58 bits per heavy atom. The van der Waals surface area contributed by atoms with Gasteiger partial charge in [-0.05, 0) is 39.3 Å². The molecule has 2 heteroatoms. The molecule has 0 bridgehead atoms. The quantitative estimate of drug-likeness (QED) is 0.615. The molecule has 1 nitrogen and oxygen atoms in total. The Balaban J connectivity index is 2.30. The summed E-state index contributed by atoms with van der Waals surface area (Å²) in [5, 5.41) is 0.323. The van der Waals surface area contributed by atoms with Crippen molar-refractivity contribution < 1.29 is 0 Å². The lowest BCUT2D eigenvalue weighted by Gasteiger charge is -2.25. The molecule has 0 N–H and O–H groups in total. The minimum absolute atomic E-state index is 0.323. The highest BCUT2D eigenvalue weighted by Gasteiger charge is 2.27. The zero-order valence-corrected chi connectivity index (χ0v) is 8.98. The SMILES string of the molecule is CCCCN1CCCC1C(C)Cl. The molecule has 1 aliphatic rings. The van der Waals surface area contributed by atoms with Crippen molar-refractivity contribution in [1.29, 1.82) is 0 Å². The van der Waals surface area contributed by atoms with Crippen LogP contribution in [-0.4, -0.2) is 29.4 Å². The lowest BCUT2D eigenvalue weighted by Crippen LogP contribution is -2.35. The lowest BCUT2D eigenvalue weighted by molar-refractivity contribution is 0.247. The van der Waals surface area contributed by atoms with Crippen molar-refractivity contribution in [2.75, 3.05) is 13.1 Å². The maximum absolute atomic E-state index is 6.12. The molecular weight excluding hydrogens is 170 g/mol. The van der Waals surface area contributed by atoms with E-state index >= 15 is 0 Å². The first-order valence-corrected chi connectivity index (χ1v) is 5.57. The minimum Gasteiger partial charge on any atom is -0.299 e. The molecule has 0 saturated carbocycles. The van der Waals surface area contributed by atoms with E-state index < -0.39 is 0 Å². The average molecular weight is 190 g/mol. The van der Waals surface area contributed by atoms with Crippen molar-refractivity contribution in [3.05, 3.63) is 0 Å². The minimum atomic E-state index is 0.323. The molecule has 1 aliphatic heterocycles. The second-order valence-corrected chi connectivity index (χ2v) is 4.47. The van der Waals surface area contributed by atoms with Crippen molar-refractivity contribution in [3.8, 4) is 0 Å². The summed E-state index contributed by atoms with van der Waals surface area (Å²) >= 11 is 6.12. The molecule has 1 saturated heterocycles. The van der Waals surface area contributed by atoms with Crippen LogP contribution in [-0.2, 0) is 0 Å². The molecule has 0 spiro atoms. The molecule has 2 atom stereocenters. The van der Waals surface area contributed by atoms with Crippen LogP contribution in [0.1, 0.15) is 39.5 Å². The summed E-state index contributed by atoms with van der Waals surface area (Å²) in [5.74, 6) is 0. The van der Waals surface area contributed by atoms with Crippen LogP contribution in [0.4, 0.5) is 0 Å². The third-order valence-electron chi connectivity index (χ3n) is 2.74. The Labute approximate surface area is 81.1 Å². The third-order valence-corrected chi connectivity index (χ3v) is 3.03. The summed E-state index contributed by atoms with van der Waals surface area (Å²) in [7, 11) is 0. The van der Waals surface area contributed by atoms with Crippen LogP contribution in [0.25, 0.3) is 0 Å². The predicted octanol–water partition coefficient (Wildman–Crippen LogP) is 2.88. The van der Waals surface area contributed by atoms with E-state index in [1.165, 1.54) is 38.8 Å². The van der Waals surface area contributed by atoms with Crippen LogP contribution in [0, 0.1) is 0 Å². The molecule has 0 amide bonds. The largest absolute Gasteiger partial charge is 0.299 e. The van der Waals surface area contributed by atoms with Gasteiger partial charge in [0.05, 0.1) is 0 Å². The van der Waals surface area contributed by atoms with Crippen molar-refractivity contribution in [2.24, 2.45) is 0 Å². The molecule has 1 rings (SSSR count). The number of likely N-dealkylation sites (tertiary alicyclic amines) is 1. The third kappa shape index (κ3) is 2.63. The number of rotatable bonds is 4. The van der Waals surface area contributed by atoms with Gasteiger partial charge in [-0.25, -0.2) is 0 Å². The smallest absolute Gasteiger partial charge is 0.0463 e. The fourth-order valence-corrected chi connectivity index (χ4v) is 2.30. The Morgan fingerprint density at radius 2 is 2.33 bits per heavy atom. The van der Waals surface area contributed by atoms with E-state index in [0.29, 0.717) is 11.4 Å². The van der Waals surface area contributed by atoms with Gasteiger partial charge in [0, 0.05) is 11.4 Å². The van der Waals surface area contributed by atoms with Crippen molar-refractivity contribution in [2.45, 2.75) is 50.9 Å². The molecule has 72 valence electrons. The van der Waals surface area contributed by atoms with Gasteiger partial charge in [0.25, 0.3) is 0 Å². The van der Waals surface area contributed by atoms with Gasteiger partial charge in [0.1, 0.15) is 0 Å². The normalized spacial score (nSPS) is 27.8. The van der Waals surface area contributed by atoms with E-state index in [2.05, 4.69) is 18.7 Å². The topological polar surface area (TPSA) is 3.24 Å². The maximum Gasteiger partial charge on any atom is 0.0463 e. The highest BCUT2D eigenvalue weighted by atomic mass is 35.5. The van der Waals surface area contributed by atoms with E-state index in [4.69, 9.17) is 11.6 Å². The number of hydrogen-bond acceptors (Lipinski definition) is 1. The predicted molar refractivity (Wildman–Crippen MR) is 54.8 cm³/mol. The van der Waals surface area contributed by atoms with Gasteiger partial charge in [-0.3, -0.25) is 4.90 Å². The molecule has 0 radical (unpaired) electrons. The Kier molecular flexibility index (Phi) is 4.38. The standard InChI is InChI=1S/C10H20ClN/c1-3-4-7-12-8-5-6-10(12)9(2)11/h9-10H,3-8H2,1-2H3. The first kappa shape index (κ1) is 10.3.